The van der Waals surface area contributed by atoms with Crippen LogP contribution in [0.2, 0.25) is 0 Å². The third kappa shape index (κ3) is 3.49. The van der Waals surface area contributed by atoms with Gasteiger partial charge in [0, 0.05) is 25.8 Å². The van der Waals surface area contributed by atoms with Crippen molar-refractivity contribution in [3.05, 3.63) is 42.0 Å². The molecule has 3 rings (SSSR count). The maximum atomic E-state index is 12.6. The molecule has 0 atom stereocenters. The lowest BCUT2D eigenvalue weighted by Gasteiger charge is -2.13. The first-order valence-corrected chi connectivity index (χ1v) is 7.75. The Morgan fingerprint density at radius 2 is 2.04 bits per heavy atom. The number of hydrogen-bond donors (Lipinski definition) is 1. The highest BCUT2D eigenvalue weighted by atomic mass is 16.1. The summed E-state index contributed by atoms with van der Waals surface area (Å²) < 4.78 is 1.72. The zero-order valence-corrected chi connectivity index (χ0v) is 13.4. The normalized spacial score (nSPS) is 14.2. The van der Waals surface area contributed by atoms with Crippen molar-refractivity contribution in [1.82, 2.24) is 20.1 Å². The van der Waals surface area contributed by atoms with Crippen molar-refractivity contribution in [2.75, 3.05) is 6.54 Å². The van der Waals surface area contributed by atoms with Crippen molar-refractivity contribution in [1.29, 1.82) is 0 Å². The molecule has 0 radical (unpaired) electrons. The Hall–Kier alpha value is -3.01. The van der Waals surface area contributed by atoms with Crippen molar-refractivity contribution in [3.8, 4) is 18.0 Å². The maximum absolute atomic E-state index is 12.6. The number of aryl methyl sites for hydroxylation is 1. The van der Waals surface area contributed by atoms with Crippen LogP contribution < -0.4 is 5.32 Å². The molecule has 24 heavy (non-hydrogen) atoms. The second-order valence-electron chi connectivity index (χ2n) is 5.78. The average Bonchev–Trinajstić information content (AvgIpc) is 3.13. The lowest BCUT2D eigenvalue weighted by molar-refractivity contribution is 0.0952. The summed E-state index contributed by atoms with van der Waals surface area (Å²) >= 11 is 0. The summed E-state index contributed by atoms with van der Waals surface area (Å²) in [5.41, 5.74) is 1.95. The van der Waals surface area contributed by atoms with Gasteiger partial charge in [0.15, 0.2) is 5.66 Å². The first-order valence-electron chi connectivity index (χ1n) is 7.75. The van der Waals surface area contributed by atoms with Crippen molar-refractivity contribution in [2.24, 2.45) is 10.2 Å². The van der Waals surface area contributed by atoms with Crippen molar-refractivity contribution < 1.29 is 4.79 Å². The number of amides is 1. The van der Waals surface area contributed by atoms with E-state index in [1.54, 1.807) is 17.2 Å². The zero-order valence-electron chi connectivity index (χ0n) is 13.4. The first-order chi connectivity index (χ1) is 11.6. The van der Waals surface area contributed by atoms with Crippen LogP contribution in [-0.2, 0) is 0 Å². The molecular formula is C17H18N6O. The molecule has 0 aliphatic carbocycles. The molecule has 0 spiro atoms. The Labute approximate surface area is 140 Å². The lowest BCUT2D eigenvalue weighted by atomic mass is 10.0. The largest absolute Gasteiger partial charge is 0.352 e. The van der Waals surface area contributed by atoms with Gasteiger partial charge >= 0.3 is 0 Å². The fourth-order valence-corrected chi connectivity index (χ4v) is 2.52. The van der Waals surface area contributed by atoms with Gasteiger partial charge in [0.25, 0.3) is 5.91 Å². The van der Waals surface area contributed by atoms with Crippen LogP contribution in [0.1, 0.15) is 35.2 Å². The molecule has 1 aliphatic rings. The highest BCUT2D eigenvalue weighted by molar-refractivity contribution is 5.98. The molecule has 7 heteroatoms. The van der Waals surface area contributed by atoms with Gasteiger partial charge in [-0.3, -0.25) is 9.36 Å². The highest BCUT2D eigenvalue weighted by Crippen LogP contribution is 2.36. The molecule has 7 nitrogen and oxygen atoms in total. The smallest absolute Gasteiger partial charge is 0.253 e. The number of nitrogens with one attached hydrogen (secondary N) is 1. The van der Waals surface area contributed by atoms with Gasteiger partial charge in [-0.1, -0.05) is 11.6 Å². The number of nitrogens with zero attached hydrogens (tertiary/aromatic N) is 5. The van der Waals surface area contributed by atoms with Crippen molar-refractivity contribution in [2.45, 2.75) is 31.8 Å². The molecule has 2 aromatic rings. The number of carbonyl (C=O) groups excluding carboxylic acids is 1. The predicted octanol–water partition coefficient (Wildman–Crippen LogP) is 2.27. The van der Waals surface area contributed by atoms with Gasteiger partial charge in [-0.2, -0.15) is 10.2 Å². The number of carbonyl (C=O) groups is 1. The minimum Gasteiger partial charge on any atom is -0.352 e. The van der Waals surface area contributed by atoms with Crippen LogP contribution in [-0.4, -0.2) is 32.9 Å². The lowest BCUT2D eigenvalue weighted by Crippen LogP contribution is -2.29. The molecule has 0 bridgehead atoms. The van der Waals surface area contributed by atoms with E-state index in [0.29, 0.717) is 24.9 Å². The average molecular weight is 322 g/mol. The summed E-state index contributed by atoms with van der Waals surface area (Å²) in [6.45, 7) is 2.44. The summed E-state index contributed by atoms with van der Waals surface area (Å²) in [6, 6.07) is 5.68. The van der Waals surface area contributed by atoms with Crippen LogP contribution >= 0.6 is 0 Å². The molecule has 0 fully saturated rings. The van der Waals surface area contributed by atoms with Crippen molar-refractivity contribution >= 4 is 5.91 Å². The van der Waals surface area contributed by atoms with E-state index >= 15 is 0 Å². The monoisotopic (exact) mass is 322 g/mol. The summed E-state index contributed by atoms with van der Waals surface area (Å²) in [5, 5.41) is 18.7. The van der Waals surface area contributed by atoms with Gasteiger partial charge in [0.1, 0.15) is 12.7 Å². The third-order valence-electron chi connectivity index (χ3n) is 3.96. The van der Waals surface area contributed by atoms with Crippen LogP contribution in [0.3, 0.4) is 0 Å². The third-order valence-corrected chi connectivity index (χ3v) is 3.96. The van der Waals surface area contributed by atoms with E-state index in [9.17, 15) is 4.79 Å². The second kappa shape index (κ2) is 6.62. The van der Waals surface area contributed by atoms with Crippen LogP contribution in [0.5, 0.6) is 0 Å². The summed E-state index contributed by atoms with van der Waals surface area (Å²) in [7, 11) is 0. The first kappa shape index (κ1) is 15.9. The Kier molecular flexibility index (Phi) is 4.38. The zero-order chi connectivity index (χ0) is 17.0. The van der Waals surface area contributed by atoms with Crippen LogP contribution in [0.4, 0.5) is 0 Å². The molecule has 122 valence electrons. The molecule has 0 unspecified atom stereocenters. The molecule has 1 N–H and O–H groups in total. The van der Waals surface area contributed by atoms with Gasteiger partial charge in [-0.15, -0.1) is 22.5 Å². The molecular weight excluding hydrogens is 304 g/mol. The van der Waals surface area contributed by atoms with Crippen LogP contribution in [0.25, 0.3) is 5.69 Å². The quantitative estimate of drug-likeness (QED) is 0.794. The van der Waals surface area contributed by atoms with E-state index in [-0.39, 0.29) is 11.6 Å². The Bertz CT molecular complexity index is 797. The van der Waals surface area contributed by atoms with Crippen molar-refractivity contribution in [3.63, 3.8) is 0 Å². The molecule has 2 heterocycles. The van der Waals surface area contributed by atoms with E-state index in [2.05, 4.69) is 31.7 Å². The molecule has 1 amide bonds. The van der Waals surface area contributed by atoms with Crippen LogP contribution in [0, 0.1) is 19.3 Å². The molecule has 1 aromatic carbocycles. The Balaban J connectivity index is 1.65. The number of terminal acetylenes is 1. The topological polar surface area (TPSA) is 84.5 Å². The summed E-state index contributed by atoms with van der Waals surface area (Å²) in [4.78, 5) is 12.6. The Morgan fingerprint density at radius 3 is 2.71 bits per heavy atom. The number of aromatic nitrogens is 3. The van der Waals surface area contributed by atoms with Gasteiger partial charge < -0.3 is 5.32 Å². The fourth-order valence-electron chi connectivity index (χ4n) is 2.52. The molecule has 0 saturated carbocycles. The SMILES string of the molecule is C#CCCC1(CCNC(=O)c2cc(C)ccc2-n2cnnc2)N=N1. The maximum Gasteiger partial charge on any atom is 0.253 e. The number of rotatable bonds is 7. The minimum absolute atomic E-state index is 0.143. The molecule has 0 saturated heterocycles. The highest BCUT2D eigenvalue weighted by Gasteiger charge is 2.38. The molecule has 1 aromatic heterocycles. The Morgan fingerprint density at radius 1 is 1.29 bits per heavy atom. The number of benzene rings is 1. The standard InChI is InChI=1S/C17H18N6O/c1-3-4-7-17(21-22-17)8-9-18-16(24)14-10-13(2)5-6-15(14)23-11-19-20-12-23/h1,5-6,10-12H,4,7-9H2,2H3,(H,18,24). The van der Waals surface area contributed by atoms with E-state index < -0.39 is 0 Å². The van der Waals surface area contributed by atoms with Gasteiger partial charge in [-0.05, 0) is 19.1 Å². The molecule has 1 aliphatic heterocycles. The van der Waals surface area contributed by atoms with E-state index in [0.717, 1.165) is 17.7 Å². The fraction of sp³-hybridized carbons (Fsp3) is 0.353. The van der Waals surface area contributed by atoms with Gasteiger partial charge in [0.2, 0.25) is 0 Å². The predicted molar refractivity (Wildman–Crippen MR) is 88.7 cm³/mol. The van der Waals surface area contributed by atoms with Gasteiger partial charge in [-0.25, -0.2) is 0 Å². The van der Waals surface area contributed by atoms with E-state index in [4.69, 9.17) is 6.42 Å². The number of hydrogen-bond acceptors (Lipinski definition) is 5. The second-order valence-corrected chi connectivity index (χ2v) is 5.78. The van der Waals surface area contributed by atoms with E-state index in [1.165, 1.54) is 0 Å². The summed E-state index contributed by atoms with van der Waals surface area (Å²) in [6.07, 6.45) is 10.4. The van der Waals surface area contributed by atoms with Crippen LogP contribution in [0.15, 0.2) is 41.1 Å². The van der Waals surface area contributed by atoms with Gasteiger partial charge in [0.05, 0.1) is 11.3 Å². The summed E-state index contributed by atoms with van der Waals surface area (Å²) in [5.74, 6) is 2.45. The van der Waals surface area contributed by atoms with E-state index in [1.807, 2.05) is 25.1 Å². The minimum atomic E-state index is -0.386.